The molecule has 1 aliphatic rings. The molecule has 31 heavy (non-hydrogen) atoms. The molecule has 162 valence electrons. The van der Waals surface area contributed by atoms with E-state index in [-0.39, 0.29) is 23.8 Å². The Bertz CT molecular complexity index is 1110. The standard InChI is InChI=1S/C21H23FN6O2S/c1-12-8-17(26-25-12)9-23-19(29)18-14(3)24-20(31-18)28-10-13(2)27(21(28)30)11-15-4-6-16(22)7-5-15/h4-8,13H,9-11H2,1-3H3,(H,23,29)(H,25,26). The van der Waals surface area contributed by atoms with Gasteiger partial charge in [-0.25, -0.2) is 14.2 Å². The molecule has 10 heteroatoms. The van der Waals surface area contributed by atoms with Gasteiger partial charge in [-0.3, -0.25) is 14.8 Å². The number of halogens is 1. The first-order valence-corrected chi connectivity index (χ1v) is 10.7. The van der Waals surface area contributed by atoms with Gasteiger partial charge in [0.25, 0.3) is 5.91 Å². The summed E-state index contributed by atoms with van der Waals surface area (Å²) in [6.07, 6.45) is 0. The maximum atomic E-state index is 13.2. The number of nitrogens with one attached hydrogen (secondary N) is 2. The Morgan fingerprint density at radius 3 is 2.74 bits per heavy atom. The molecule has 3 heterocycles. The van der Waals surface area contributed by atoms with E-state index in [4.69, 9.17) is 0 Å². The van der Waals surface area contributed by atoms with E-state index in [1.165, 1.54) is 23.5 Å². The molecule has 0 aliphatic carbocycles. The second-order valence-electron chi connectivity index (χ2n) is 7.63. The van der Waals surface area contributed by atoms with Gasteiger partial charge in [-0.15, -0.1) is 0 Å². The van der Waals surface area contributed by atoms with E-state index < -0.39 is 0 Å². The summed E-state index contributed by atoms with van der Waals surface area (Å²) < 4.78 is 13.2. The van der Waals surface area contributed by atoms with Gasteiger partial charge in [-0.05, 0) is 44.5 Å². The zero-order valence-corrected chi connectivity index (χ0v) is 18.3. The summed E-state index contributed by atoms with van der Waals surface area (Å²) in [7, 11) is 0. The average molecular weight is 443 g/mol. The molecule has 2 N–H and O–H groups in total. The van der Waals surface area contributed by atoms with Gasteiger partial charge in [-0.2, -0.15) is 5.10 Å². The quantitative estimate of drug-likeness (QED) is 0.612. The number of hydrogen-bond donors (Lipinski definition) is 2. The summed E-state index contributed by atoms with van der Waals surface area (Å²) in [6.45, 7) is 6.78. The predicted molar refractivity (Wildman–Crippen MR) is 115 cm³/mol. The lowest BCUT2D eigenvalue weighted by molar-refractivity contribution is 0.0953. The zero-order valence-electron chi connectivity index (χ0n) is 17.5. The number of H-pyrrole nitrogens is 1. The van der Waals surface area contributed by atoms with Crippen LogP contribution in [0.4, 0.5) is 14.3 Å². The third-order valence-corrected chi connectivity index (χ3v) is 6.31. The minimum absolute atomic E-state index is 0.0399. The first-order chi connectivity index (χ1) is 14.8. The number of thiazole rings is 1. The molecule has 0 spiro atoms. The second-order valence-corrected chi connectivity index (χ2v) is 8.61. The molecule has 1 aliphatic heterocycles. The van der Waals surface area contributed by atoms with E-state index >= 15 is 0 Å². The Hall–Kier alpha value is -3.27. The number of nitrogens with zero attached hydrogens (tertiary/aromatic N) is 4. The Kier molecular flexibility index (Phi) is 5.73. The van der Waals surface area contributed by atoms with E-state index in [0.717, 1.165) is 17.0 Å². The van der Waals surface area contributed by atoms with Crippen molar-refractivity contribution in [2.24, 2.45) is 0 Å². The van der Waals surface area contributed by atoms with Crippen LogP contribution in [0.2, 0.25) is 0 Å². The van der Waals surface area contributed by atoms with E-state index in [2.05, 4.69) is 20.5 Å². The van der Waals surface area contributed by atoms with E-state index in [9.17, 15) is 14.0 Å². The van der Waals surface area contributed by atoms with Crippen LogP contribution in [0, 0.1) is 19.7 Å². The van der Waals surface area contributed by atoms with Gasteiger partial charge >= 0.3 is 6.03 Å². The monoisotopic (exact) mass is 442 g/mol. The molecule has 3 aromatic rings. The number of rotatable bonds is 6. The molecule has 1 saturated heterocycles. The maximum Gasteiger partial charge on any atom is 0.326 e. The van der Waals surface area contributed by atoms with Gasteiger partial charge < -0.3 is 10.2 Å². The fourth-order valence-corrected chi connectivity index (χ4v) is 4.46. The average Bonchev–Trinajstić information content (AvgIpc) is 3.41. The second kappa shape index (κ2) is 8.46. The molecule has 0 bridgehead atoms. The number of benzene rings is 1. The minimum Gasteiger partial charge on any atom is -0.346 e. The van der Waals surface area contributed by atoms with Crippen LogP contribution in [0.5, 0.6) is 0 Å². The minimum atomic E-state index is -0.308. The molecular weight excluding hydrogens is 419 g/mol. The van der Waals surface area contributed by atoms with E-state index in [1.807, 2.05) is 19.9 Å². The molecule has 4 rings (SSSR count). The Labute approximate surface area is 183 Å². The topological polar surface area (TPSA) is 94.2 Å². The van der Waals surface area contributed by atoms with Crippen LogP contribution in [-0.2, 0) is 13.1 Å². The van der Waals surface area contributed by atoms with Crippen molar-refractivity contribution in [3.8, 4) is 0 Å². The molecule has 1 fully saturated rings. The van der Waals surface area contributed by atoms with E-state index in [1.54, 1.807) is 28.9 Å². The zero-order chi connectivity index (χ0) is 22.1. The Morgan fingerprint density at radius 2 is 2.06 bits per heavy atom. The van der Waals surface area contributed by atoms with Crippen LogP contribution in [0.3, 0.4) is 0 Å². The number of aromatic amines is 1. The number of urea groups is 1. The summed E-state index contributed by atoms with van der Waals surface area (Å²) in [5.74, 6) is -0.553. The van der Waals surface area contributed by atoms with Crippen molar-refractivity contribution in [1.29, 1.82) is 0 Å². The number of hydrogen-bond acceptors (Lipinski definition) is 5. The largest absolute Gasteiger partial charge is 0.346 e. The van der Waals surface area contributed by atoms with Crippen molar-refractivity contribution in [3.05, 3.63) is 63.7 Å². The van der Waals surface area contributed by atoms with Crippen molar-refractivity contribution in [2.75, 3.05) is 11.4 Å². The molecule has 8 nitrogen and oxygen atoms in total. The fraction of sp³-hybridized carbons (Fsp3) is 0.333. The third-order valence-electron chi connectivity index (χ3n) is 5.13. The first-order valence-electron chi connectivity index (χ1n) is 9.91. The molecule has 1 unspecified atom stereocenters. The van der Waals surface area contributed by atoms with Crippen molar-refractivity contribution < 1.29 is 14.0 Å². The lowest BCUT2D eigenvalue weighted by Crippen LogP contribution is -2.33. The predicted octanol–water partition coefficient (Wildman–Crippen LogP) is 3.38. The molecule has 1 atom stereocenters. The SMILES string of the molecule is Cc1cc(CNC(=O)c2sc(N3CC(C)N(Cc4ccc(F)cc4)C3=O)nc2C)n[nH]1. The van der Waals surface area contributed by atoms with Crippen molar-refractivity contribution in [2.45, 2.75) is 39.9 Å². The molecule has 0 radical (unpaired) electrons. The van der Waals surface area contributed by atoms with Crippen LogP contribution in [-0.4, -0.2) is 44.6 Å². The Morgan fingerprint density at radius 1 is 1.32 bits per heavy atom. The number of anilines is 1. The van der Waals surface area contributed by atoms with Gasteiger partial charge in [0.05, 0.1) is 24.5 Å². The van der Waals surface area contributed by atoms with Gasteiger partial charge in [0.2, 0.25) is 0 Å². The maximum absolute atomic E-state index is 13.2. The molecule has 1 aromatic carbocycles. The van der Waals surface area contributed by atoms with E-state index in [0.29, 0.717) is 35.3 Å². The molecule has 0 saturated carbocycles. The summed E-state index contributed by atoms with van der Waals surface area (Å²) >= 11 is 1.20. The van der Waals surface area contributed by atoms with Crippen LogP contribution in [0.15, 0.2) is 30.3 Å². The highest BCUT2D eigenvalue weighted by Crippen LogP contribution is 2.31. The highest BCUT2D eigenvalue weighted by molar-refractivity contribution is 7.17. The number of aromatic nitrogens is 3. The highest BCUT2D eigenvalue weighted by atomic mass is 32.1. The number of carbonyl (C=O) groups is 2. The third kappa shape index (κ3) is 4.43. The Balaban J connectivity index is 1.45. The molecule has 3 amide bonds. The van der Waals surface area contributed by atoms with Crippen LogP contribution >= 0.6 is 11.3 Å². The van der Waals surface area contributed by atoms with Crippen molar-refractivity contribution >= 4 is 28.4 Å². The number of carbonyl (C=O) groups excluding carboxylic acids is 2. The normalized spacial score (nSPS) is 16.3. The van der Waals surface area contributed by atoms with Crippen LogP contribution in [0.25, 0.3) is 0 Å². The highest BCUT2D eigenvalue weighted by Gasteiger charge is 2.37. The smallest absolute Gasteiger partial charge is 0.326 e. The van der Waals surface area contributed by atoms with Crippen molar-refractivity contribution in [3.63, 3.8) is 0 Å². The summed E-state index contributed by atoms with van der Waals surface area (Å²) in [5, 5.41) is 10.3. The summed E-state index contributed by atoms with van der Waals surface area (Å²) in [4.78, 5) is 33.9. The fourth-order valence-electron chi connectivity index (χ4n) is 3.48. The molecular formula is C21H23FN6O2S. The van der Waals surface area contributed by atoms with Crippen LogP contribution < -0.4 is 10.2 Å². The van der Waals surface area contributed by atoms with Crippen LogP contribution in [0.1, 0.15) is 39.2 Å². The summed E-state index contributed by atoms with van der Waals surface area (Å²) in [5.41, 5.74) is 3.10. The lowest BCUT2D eigenvalue weighted by Gasteiger charge is -2.20. The number of amides is 3. The lowest BCUT2D eigenvalue weighted by atomic mass is 10.2. The first kappa shape index (κ1) is 21.0. The molecule has 2 aromatic heterocycles. The summed E-state index contributed by atoms with van der Waals surface area (Å²) in [6, 6.07) is 7.77. The van der Waals surface area contributed by atoms with Crippen molar-refractivity contribution in [1.82, 2.24) is 25.4 Å². The van der Waals surface area contributed by atoms with Gasteiger partial charge in [0.1, 0.15) is 10.7 Å². The van der Waals surface area contributed by atoms with Gasteiger partial charge in [-0.1, -0.05) is 23.5 Å². The number of aryl methyl sites for hydroxylation is 2. The van der Waals surface area contributed by atoms with Gasteiger partial charge in [0, 0.05) is 18.3 Å². The van der Waals surface area contributed by atoms with Gasteiger partial charge in [0.15, 0.2) is 5.13 Å².